The van der Waals surface area contributed by atoms with Crippen LogP contribution in [0.1, 0.15) is 68.9 Å². The Bertz CT molecular complexity index is 1740. The third-order valence-corrected chi connectivity index (χ3v) is 10.9. The Balaban J connectivity index is 1.42. The Morgan fingerprint density at radius 1 is 0.833 bits per heavy atom. The van der Waals surface area contributed by atoms with Crippen LogP contribution in [-0.4, -0.2) is 33.0 Å². The van der Waals surface area contributed by atoms with E-state index in [0.29, 0.717) is 16.8 Å². The zero-order chi connectivity index (χ0) is 29.0. The van der Waals surface area contributed by atoms with Gasteiger partial charge in [0.05, 0.1) is 14.2 Å². The summed E-state index contributed by atoms with van der Waals surface area (Å²) in [4.78, 5) is -0.115. The molecule has 9 nitrogen and oxygen atoms in total. The molecule has 0 unspecified atom stereocenters. The predicted molar refractivity (Wildman–Crippen MR) is 155 cm³/mol. The number of hydrogen-bond acceptors (Lipinski definition) is 9. The van der Waals surface area contributed by atoms with E-state index in [0.717, 1.165) is 62.9 Å². The minimum Gasteiger partial charge on any atom is -0.497 e. The average molecular weight is 591 g/mol. The van der Waals surface area contributed by atoms with E-state index in [2.05, 4.69) is 16.4 Å². The van der Waals surface area contributed by atoms with Crippen molar-refractivity contribution in [3.05, 3.63) is 65.7 Å². The van der Waals surface area contributed by atoms with Gasteiger partial charge in [-0.15, -0.1) is 0 Å². The van der Waals surface area contributed by atoms with Crippen molar-refractivity contribution in [1.82, 2.24) is 10.3 Å². The molecule has 10 heteroatoms. The largest absolute Gasteiger partial charge is 0.497 e. The van der Waals surface area contributed by atoms with Crippen LogP contribution in [0.3, 0.4) is 0 Å². The highest BCUT2D eigenvalue weighted by Gasteiger charge is 2.60. The molecule has 2 saturated carbocycles. The summed E-state index contributed by atoms with van der Waals surface area (Å²) in [5, 5.41) is 7.63. The summed E-state index contributed by atoms with van der Waals surface area (Å²) in [6.07, 6.45) is 9.40. The molecule has 0 bridgehead atoms. The number of rotatable bonds is 6. The minimum absolute atomic E-state index is 0.0907. The van der Waals surface area contributed by atoms with Gasteiger partial charge < -0.3 is 18.4 Å². The lowest BCUT2D eigenvalue weighted by Crippen LogP contribution is -2.57. The molecule has 0 radical (unpaired) electrons. The molecule has 2 aliphatic carbocycles. The Hall–Kier alpha value is -3.79. The van der Waals surface area contributed by atoms with Crippen LogP contribution in [-0.2, 0) is 21.1 Å². The van der Waals surface area contributed by atoms with Crippen LogP contribution in [0.2, 0.25) is 0 Å². The van der Waals surface area contributed by atoms with Gasteiger partial charge in [0.25, 0.3) is 0 Å². The van der Waals surface area contributed by atoms with Crippen LogP contribution < -0.4 is 18.4 Å². The molecule has 7 rings (SSSR count). The molecule has 1 aliphatic heterocycles. The highest BCUT2D eigenvalue weighted by atomic mass is 32.2. The molecular formula is C32H34N2O7S. The number of ether oxygens (including phenoxy) is 3. The van der Waals surface area contributed by atoms with Crippen LogP contribution >= 0.6 is 0 Å². The number of benzene rings is 3. The summed E-state index contributed by atoms with van der Waals surface area (Å²) >= 11 is 0. The van der Waals surface area contributed by atoms with Crippen LogP contribution in [0.4, 0.5) is 0 Å². The van der Waals surface area contributed by atoms with Crippen molar-refractivity contribution in [1.29, 1.82) is 0 Å². The third kappa shape index (κ3) is 4.13. The Kier molecular flexibility index (Phi) is 6.56. The number of hydrogen-bond donors (Lipinski definition) is 0. The number of nitrogens with zero attached hydrogens (tertiary/aromatic N) is 2. The van der Waals surface area contributed by atoms with E-state index in [4.69, 9.17) is 23.0 Å². The number of fused-ring (bicyclic) bond motifs is 5. The van der Waals surface area contributed by atoms with E-state index >= 15 is 0 Å². The van der Waals surface area contributed by atoms with E-state index in [-0.39, 0.29) is 27.5 Å². The highest BCUT2D eigenvalue weighted by molar-refractivity contribution is 7.87. The molecule has 0 amide bonds. The molecular weight excluding hydrogens is 556 g/mol. The van der Waals surface area contributed by atoms with Gasteiger partial charge >= 0.3 is 10.1 Å². The van der Waals surface area contributed by atoms with Crippen molar-refractivity contribution < 1.29 is 31.4 Å². The van der Waals surface area contributed by atoms with Crippen LogP contribution in [0.15, 0.2) is 64.1 Å². The van der Waals surface area contributed by atoms with E-state index in [1.54, 1.807) is 32.4 Å². The SMILES string of the molecule is COc1ccc2c(c1)O[C@]1(c3ccc(OC)cc3OS(=O)(=O)c3cccc4nonc34)CCCC[C@@H]1C21CCCCC1. The zero-order valence-corrected chi connectivity index (χ0v) is 24.6. The minimum atomic E-state index is -4.34. The molecule has 220 valence electrons. The molecule has 0 N–H and O–H groups in total. The summed E-state index contributed by atoms with van der Waals surface area (Å²) in [5.41, 5.74) is 1.50. The fourth-order valence-corrected chi connectivity index (χ4v) is 8.96. The summed E-state index contributed by atoms with van der Waals surface area (Å²) in [7, 11) is -1.13. The lowest BCUT2D eigenvalue weighted by atomic mass is 9.51. The van der Waals surface area contributed by atoms with Crippen LogP contribution in [0.25, 0.3) is 11.0 Å². The van der Waals surface area contributed by atoms with E-state index in [9.17, 15) is 8.42 Å². The molecule has 2 heterocycles. The molecule has 1 aromatic heterocycles. The maximum absolute atomic E-state index is 13.9. The number of aromatic nitrogens is 2. The zero-order valence-electron chi connectivity index (χ0n) is 23.8. The fourth-order valence-electron chi connectivity index (χ4n) is 7.87. The molecule has 2 fully saturated rings. The maximum Gasteiger partial charge on any atom is 0.341 e. The van der Waals surface area contributed by atoms with E-state index < -0.39 is 15.7 Å². The lowest BCUT2D eigenvalue weighted by Gasteiger charge is -2.58. The second-order valence-electron chi connectivity index (χ2n) is 11.7. The van der Waals surface area contributed by atoms with Crippen molar-refractivity contribution in [3.63, 3.8) is 0 Å². The first-order chi connectivity index (χ1) is 20.4. The van der Waals surface area contributed by atoms with Gasteiger partial charge in [0.2, 0.25) is 0 Å². The molecule has 42 heavy (non-hydrogen) atoms. The second kappa shape index (κ2) is 10.2. The van der Waals surface area contributed by atoms with Gasteiger partial charge in [-0.25, -0.2) is 4.63 Å². The monoisotopic (exact) mass is 590 g/mol. The van der Waals surface area contributed by atoms with Crippen molar-refractivity contribution in [2.45, 2.75) is 73.7 Å². The smallest absolute Gasteiger partial charge is 0.341 e. The van der Waals surface area contributed by atoms with Gasteiger partial charge in [-0.05, 0) is 72.7 Å². The summed E-state index contributed by atoms with van der Waals surface area (Å²) in [5.74, 6) is 2.34. The maximum atomic E-state index is 13.9. The predicted octanol–water partition coefficient (Wildman–Crippen LogP) is 6.69. The van der Waals surface area contributed by atoms with Crippen LogP contribution in [0.5, 0.6) is 23.0 Å². The first-order valence-electron chi connectivity index (χ1n) is 14.6. The molecule has 1 spiro atoms. The number of methoxy groups -OCH3 is 2. The van der Waals surface area contributed by atoms with Crippen LogP contribution in [0, 0.1) is 5.92 Å². The first-order valence-corrected chi connectivity index (χ1v) is 16.0. The van der Waals surface area contributed by atoms with Gasteiger partial charge in [-0.3, -0.25) is 0 Å². The summed E-state index contributed by atoms with van der Waals surface area (Å²) in [6.45, 7) is 0. The van der Waals surface area contributed by atoms with E-state index in [1.165, 1.54) is 18.1 Å². The Morgan fingerprint density at radius 2 is 1.57 bits per heavy atom. The van der Waals surface area contributed by atoms with Gasteiger partial charge in [-0.2, -0.15) is 8.42 Å². The average Bonchev–Trinajstić information content (AvgIpc) is 3.50. The van der Waals surface area contributed by atoms with Gasteiger partial charge in [-0.1, -0.05) is 37.8 Å². The summed E-state index contributed by atoms with van der Waals surface area (Å²) in [6, 6.07) is 16.3. The molecule has 3 aromatic carbocycles. The van der Waals surface area contributed by atoms with Gasteiger partial charge in [0.1, 0.15) is 33.3 Å². The highest BCUT2D eigenvalue weighted by Crippen LogP contribution is 2.64. The normalized spacial score (nSPS) is 23.0. The van der Waals surface area contributed by atoms with Gasteiger partial charge in [0, 0.05) is 34.6 Å². The van der Waals surface area contributed by atoms with Crippen molar-refractivity contribution in [2.75, 3.05) is 14.2 Å². The lowest BCUT2D eigenvalue weighted by molar-refractivity contribution is -0.0956. The first kappa shape index (κ1) is 27.1. The standard InChI is InChI=1S/C32H34N2O7S/c1-37-21-12-14-23-26(19-21)39-32(18-7-4-11-29(32)31(23)16-5-3-6-17-31)24-15-13-22(38-2)20-27(24)40-42(35,36)28-10-8-9-25-30(28)34-41-33-25/h8-10,12-15,19-20,29H,3-7,11,16-18H2,1-2H3/t29-,32+/m1/s1. The second-order valence-corrected chi connectivity index (χ2v) is 13.2. The molecule has 2 atom stereocenters. The van der Waals surface area contributed by atoms with Crippen molar-refractivity contribution >= 4 is 21.2 Å². The molecule has 3 aliphatic rings. The fraction of sp³-hybridized carbons (Fsp3) is 0.438. The topological polar surface area (TPSA) is 110 Å². The van der Waals surface area contributed by atoms with Gasteiger partial charge in [0.15, 0.2) is 11.3 Å². The Morgan fingerprint density at radius 3 is 2.36 bits per heavy atom. The molecule has 0 saturated heterocycles. The van der Waals surface area contributed by atoms with Crippen molar-refractivity contribution in [2.24, 2.45) is 5.92 Å². The van der Waals surface area contributed by atoms with E-state index in [1.807, 2.05) is 24.3 Å². The summed E-state index contributed by atoms with van der Waals surface area (Å²) < 4.78 is 56.8. The third-order valence-electron chi connectivity index (χ3n) is 9.65. The van der Waals surface area contributed by atoms with Crippen molar-refractivity contribution in [3.8, 4) is 23.0 Å². The molecule has 4 aromatic rings. The Labute approximate surface area is 245 Å². The quantitative estimate of drug-likeness (QED) is 0.227.